The van der Waals surface area contributed by atoms with Gasteiger partial charge in [-0.1, -0.05) is 36.8 Å². The zero-order chi connectivity index (χ0) is 12.0. The molecule has 0 aliphatic rings. The molecule has 0 spiro atoms. The van der Waals surface area contributed by atoms with Gasteiger partial charge in [0.2, 0.25) is 0 Å². The highest BCUT2D eigenvalue weighted by atomic mass is 16.5. The zero-order valence-corrected chi connectivity index (χ0v) is 10.4. The van der Waals surface area contributed by atoms with Crippen LogP contribution in [0, 0.1) is 6.92 Å². The Hall–Kier alpha value is -0.900. The van der Waals surface area contributed by atoms with E-state index in [0.29, 0.717) is 6.61 Å². The van der Waals surface area contributed by atoms with Gasteiger partial charge in [0.15, 0.2) is 0 Å². The van der Waals surface area contributed by atoms with Crippen molar-refractivity contribution in [2.24, 2.45) is 5.84 Å². The smallest absolute Gasteiger partial charge is 0.0779 e. The maximum atomic E-state index is 5.70. The maximum absolute atomic E-state index is 5.70. The van der Waals surface area contributed by atoms with Gasteiger partial charge in [0.05, 0.1) is 12.1 Å². The highest BCUT2D eigenvalue weighted by molar-refractivity contribution is 5.25. The van der Waals surface area contributed by atoms with Crippen molar-refractivity contribution in [3.63, 3.8) is 0 Å². The number of hydrogen-bond acceptors (Lipinski definition) is 3. The molecular formula is C13H22N2O. The number of hydrogen-bond donors (Lipinski definition) is 2. The average Bonchev–Trinajstić information content (AvgIpc) is 2.29. The second-order valence-electron chi connectivity index (χ2n) is 3.96. The van der Waals surface area contributed by atoms with Gasteiger partial charge in [-0.25, -0.2) is 0 Å². The molecule has 0 amide bonds. The number of nitrogens with one attached hydrogen (secondary N) is 1. The fraction of sp³-hybridized carbons (Fsp3) is 0.538. The van der Waals surface area contributed by atoms with E-state index in [-0.39, 0.29) is 12.1 Å². The molecule has 3 N–H and O–H groups in total. The third kappa shape index (κ3) is 3.30. The lowest BCUT2D eigenvalue weighted by atomic mass is 9.98. The van der Waals surface area contributed by atoms with Gasteiger partial charge in [-0.15, -0.1) is 0 Å². The van der Waals surface area contributed by atoms with Crippen molar-refractivity contribution in [2.75, 3.05) is 6.61 Å². The number of aryl methyl sites for hydroxylation is 1. The number of ether oxygens (including phenoxy) is 1. The van der Waals surface area contributed by atoms with E-state index in [2.05, 4.69) is 37.5 Å². The second-order valence-corrected chi connectivity index (χ2v) is 3.96. The molecule has 0 heterocycles. The Labute approximate surface area is 98.0 Å². The predicted molar refractivity (Wildman–Crippen MR) is 66.9 cm³/mol. The van der Waals surface area contributed by atoms with Crippen molar-refractivity contribution >= 4 is 0 Å². The van der Waals surface area contributed by atoms with Gasteiger partial charge in [-0.05, 0) is 25.8 Å². The molecule has 1 aromatic rings. The molecule has 2 atom stereocenters. The normalized spacial score (nSPS) is 14.8. The van der Waals surface area contributed by atoms with Crippen LogP contribution in [-0.2, 0) is 4.74 Å². The first-order valence-corrected chi connectivity index (χ1v) is 5.87. The van der Waals surface area contributed by atoms with Crippen molar-refractivity contribution in [2.45, 2.75) is 39.3 Å². The van der Waals surface area contributed by atoms with Gasteiger partial charge < -0.3 is 4.74 Å². The Morgan fingerprint density at radius 1 is 1.38 bits per heavy atom. The van der Waals surface area contributed by atoms with Crippen molar-refractivity contribution in [1.82, 2.24) is 5.43 Å². The average molecular weight is 222 g/mol. The van der Waals surface area contributed by atoms with Crippen LogP contribution in [0.3, 0.4) is 0 Å². The molecule has 16 heavy (non-hydrogen) atoms. The summed E-state index contributed by atoms with van der Waals surface area (Å²) in [6.07, 6.45) is 1.06. The van der Waals surface area contributed by atoms with Gasteiger partial charge in [0.1, 0.15) is 0 Å². The van der Waals surface area contributed by atoms with E-state index >= 15 is 0 Å². The summed E-state index contributed by atoms with van der Waals surface area (Å²) < 4.78 is 5.70. The fourth-order valence-corrected chi connectivity index (χ4v) is 1.95. The van der Waals surface area contributed by atoms with E-state index in [0.717, 1.165) is 6.42 Å². The fourth-order valence-electron chi connectivity index (χ4n) is 1.95. The van der Waals surface area contributed by atoms with Crippen LogP contribution in [0.1, 0.15) is 37.4 Å². The Bertz CT molecular complexity index is 315. The molecule has 0 radical (unpaired) electrons. The van der Waals surface area contributed by atoms with Gasteiger partial charge >= 0.3 is 0 Å². The van der Waals surface area contributed by atoms with Crippen LogP contribution in [-0.4, -0.2) is 12.7 Å². The first kappa shape index (κ1) is 13.2. The monoisotopic (exact) mass is 222 g/mol. The number of hydrazine groups is 1. The zero-order valence-electron chi connectivity index (χ0n) is 10.4. The van der Waals surface area contributed by atoms with Crippen LogP contribution >= 0.6 is 0 Å². The van der Waals surface area contributed by atoms with Crippen LogP contribution < -0.4 is 11.3 Å². The lowest BCUT2D eigenvalue weighted by molar-refractivity contribution is 0.0314. The Morgan fingerprint density at radius 3 is 2.62 bits per heavy atom. The molecule has 2 unspecified atom stereocenters. The first-order valence-electron chi connectivity index (χ1n) is 5.87. The summed E-state index contributed by atoms with van der Waals surface area (Å²) in [6, 6.07) is 8.42. The third-order valence-electron chi connectivity index (χ3n) is 2.74. The molecule has 0 saturated heterocycles. The minimum Gasteiger partial charge on any atom is -0.376 e. The summed E-state index contributed by atoms with van der Waals surface area (Å²) in [5.41, 5.74) is 5.28. The standard InChI is InChI=1S/C13H22N2O/c1-4-12(16-5-2)13(15-14)11-8-6-7-10(3)9-11/h6-9,12-13,15H,4-5,14H2,1-3H3. The van der Waals surface area contributed by atoms with E-state index in [1.807, 2.05) is 13.0 Å². The van der Waals surface area contributed by atoms with E-state index in [1.54, 1.807) is 0 Å². The molecule has 0 bridgehead atoms. The molecule has 1 rings (SSSR count). The Kier molecular flexibility index (Phi) is 5.46. The van der Waals surface area contributed by atoms with Gasteiger partial charge in [-0.3, -0.25) is 11.3 Å². The largest absolute Gasteiger partial charge is 0.376 e. The molecule has 1 aromatic carbocycles. The molecule has 0 aliphatic carbocycles. The van der Waals surface area contributed by atoms with Gasteiger partial charge in [0.25, 0.3) is 0 Å². The van der Waals surface area contributed by atoms with Crippen molar-refractivity contribution in [1.29, 1.82) is 0 Å². The van der Waals surface area contributed by atoms with Crippen molar-refractivity contribution in [3.8, 4) is 0 Å². The molecule has 90 valence electrons. The molecule has 0 aromatic heterocycles. The molecule has 3 nitrogen and oxygen atoms in total. The number of nitrogens with two attached hydrogens (primary N) is 1. The summed E-state index contributed by atoms with van der Waals surface area (Å²) >= 11 is 0. The summed E-state index contributed by atoms with van der Waals surface area (Å²) in [5.74, 6) is 5.63. The van der Waals surface area contributed by atoms with E-state index in [9.17, 15) is 0 Å². The van der Waals surface area contributed by atoms with Crippen molar-refractivity contribution in [3.05, 3.63) is 35.4 Å². The predicted octanol–water partition coefficient (Wildman–Crippen LogP) is 2.31. The van der Waals surface area contributed by atoms with E-state index in [4.69, 9.17) is 10.6 Å². The van der Waals surface area contributed by atoms with E-state index < -0.39 is 0 Å². The highest BCUT2D eigenvalue weighted by Gasteiger charge is 2.20. The quantitative estimate of drug-likeness (QED) is 0.573. The maximum Gasteiger partial charge on any atom is 0.0779 e. The Morgan fingerprint density at radius 2 is 2.12 bits per heavy atom. The molecule has 0 fully saturated rings. The number of benzene rings is 1. The third-order valence-corrected chi connectivity index (χ3v) is 2.74. The van der Waals surface area contributed by atoms with E-state index in [1.165, 1.54) is 11.1 Å². The number of rotatable bonds is 6. The van der Waals surface area contributed by atoms with Crippen molar-refractivity contribution < 1.29 is 4.74 Å². The lowest BCUT2D eigenvalue weighted by Crippen LogP contribution is -2.37. The summed E-state index contributed by atoms with van der Waals surface area (Å²) in [7, 11) is 0. The minimum atomic E-state index is 0.0600. The van der Waals surface area contributed by atoms with Crippen LogP contribution in [0.25, 0.3) is 0 Å². The van der Waals surface area contributed by atoms with Crippen LogP contribution in [0.4, 0.5) is 0 Å². The minimum absolute atomic E-state index is 0.0600. The topological polar surface area (TPSA) is 47.3 Å². The first-order chi connectivity index (χ1) is 7.72. The SMILES string of the molecule is CCOC(CC)C(NN)c1cccc(C)c1. The molecule has 0 aliphatic heterocycles. The van der Waals surface area contributed by atoms with Gasteiger partial charge in [-0.2, -0.15) is 0 Å². The lowest BCUT2D eigenvalue weighted by Gasteiger charge is -2.26. The van der Waals surface area contributed by atoms with Crippen LogP contribution in [0.5, 0.6) is 0 Å². The van der Waals surface area contributed by atoms with Crippen LogP contribution in [0.15, 0.2) is 24.3 Å². The van der Waals surface area contributed by atoms with Crippen LogP contribution in [0.2, 0.25) is 0 Å². The summed E-state index contributed by atoms with van der Waals surface area (Å²) in [6.45, 7) is 6.91. The summed E-state index contributed by atoms with van der Waals surface area (Å²) in [4.78, 5) is 0. The van der Waals surface area contributed by atoms with Gasteiger partial charge in [0, 0.05) is 6.61 Å². The molecule has 3 heteroatoms. The highest BCUT2D eigenvalue weighted by Crippen LogP contribution is 2.21. The molecule has 0 saturated carbocycles. The summed E-state index contributed by atoms with van der Waals surface area (Å²) in [5, 5.41) is 0. The molecular weight excluding hydrogens is 200 g/mol. The Balaban J connectivity index is 2.87. The second kappa shape index (κ2) is 6.63.